The minimum Gasteiger partial charge on any atom is -0.462 e. The number of hydrogen-bond acceptors (Lipinski definition) is 7. The molecule has 0 aromatic rings. The van der Waals surface area contributed by atoms with Crippen molar-refractivity contribution in [2.75, 3.05) is 6.61 Å². The van der Waals surface area contributed by atoms with Gasteiger partial charge < -0.3 is 19.3 Å². The van der Waals surface area contributed by atoms with E-state index in [4.69, 9.17) is 14.2 Å². The largest absolute Gasteiger partial charge is 0.462 e. The van der Waals surface area contributed by atoms with Crippen molar-refractivity contribution in [1.29, 1.82) is 0 Å². The maximum absolute atomic E-state index is 14.1. The minimum atomic E-state index is -0.940. The fourth-order valence-corrected chi connectivity index (χ4v) is 17.0. The number of ether oxygens (including phenoxy) is 3. The molecule has 8 aliphatic carbocycles. The quantitative estimate of drug-likeness (QED) is 0.225. The molecular formula is C44H68O7. The summed E-state index contributed by atoms with van der Waals surface area (Å²) in [5, 5.41) is 12.4. The maximum atomic E-state index is 14.1. The van der Waals surface area contributed by atoms with E-state index in [1.165, 1.54) is 13.3 Å². The summed E-state index contributed by atoms with van der Waals surface area (Å²) in [6, 6.07) is 0. The lowest BCUT2D eigenvalue weighted by molar-refractivity contribution is -0.197. The van der Waals surface area contributed by atoms with Crippen molar-refractivity contribution in [3.05, 3.63) is 0 Å². The lowest BCUT2D eigenvalue weighted by atomic mass is 9.41. The van der Waals surface area contributed by atoms with Gasteiger partial charge in [-0.1, -0.05) is 41.5 Å². The van der Waals surface area contributed by atoms with Crippen LogP contribution in [0.5, 0.6) is 0 Å². The summed E-state index contributed by atoms with van der Waals surface area (Å²) in [6.07, 6.45) is 16.7. The zero-order valence-corrected chi connectivity index (χ0v) is 33.1. The number of hydrogen-bond donors (Lipinski definition) is 1. The van der Waals surface area contributed by atoms with Crippen LogP contribution in [0.4, 0.5) is 0 Å². The Morgan fingerprint density at radius 3 is 1.71 bits per heavy atom. The van der Waals surface area contributed by atoms with Crippen molar-refractivity contribution in [2.24, 2.45) is 73.9 Å². The summed E-state index contributed by atoms with van der Waals surface area (Å²) >= 11 is 0. The topological polar surface area (TPSA) is 99.1 Å². The first kappa shape index (κ1) is 36.4. The molecule has 7 heteroatoms. The Kier molecular flexibility index (Phi) is 8.33. The second-order valence-corrected chi connectivity index (χ2v) is 21.7. The number of fused-ring (bicyclic) bond motifs is 6. The third-order valence-electron chi connectivity index (χ3n) is 18.8. The molecule has 14 atom stereocenters. The minimum absolute atomic E-state index is 0.0208. The number of carbonyl (C=O) groups excluding carboxylic acids is 3. The molecule has 0 aromatic carbocycles. The molecular weight excluding hydrogens is 640 g/mol. The van der Waals surface area contributed by atoms with Crippen LogP contribution < -0.4 is 0 Å². The third kappa shape index (κ3) is 5.20. The second kappa shape index (κ2) is 11.7. The van der Waals surface area contributed by atoms with Crippen molar-refractivity contribution in [2.45, 2.75) is 176 Å². The van der Waals surface area contributed by atoms with Gasteiger partial charge in [-0.05, 0) is 160 Å². The van der Waals surface area contributed by atoms with Gasteiger partial charge in [-0.15, -0.1) is 0 Å². The van der Waals surface area contributed by atoms with Gasteiger partial charge in [0.15, 0.2) is 0 Å². The highest BCUT2D eigenvalue weighted by Crippen LogP contribution is 2.74. The summed E-state index contributed by atoms with van der Waals surface area (Å²) < 4.78 is 18.1. The van der Waals surface area contributed by atoms with Crippen LogP contribution in [0.25, 0.3) is 0 Å². The molecule has 0 amide bonds. The first-order chi connectivity index (χ1) is 23.8. The van der Waals surface area contributed by atoms with Crippen LogP contribution in [0.15, 0.2) is 0 Å². The first-order valence-corrected chi connectivity index (χ1v) is 21.0. The lowest BCUT2D eigenvalue weighted by Gasteiger charge is -2.65. The number of esters is 3. The SMILES string of the molecule is CC(=O)OC1CCC2(C)C3CCC4CC3(CCC2C1(C)C)CC4C(=O)OCC1(O)CC23CCC4C(C)(C)C(OC(C)=O)CCC4(C)C2CCC1C3. The van der Waals surface area contributed by atoms with Crippen LogP contribution in [0, 0.1) is 73.9 Å². The van der Waals surface area contributed by atoms with E-state index in [1.54, 1.807) is 6.92 Å². The lowest BCUT2D eigenvalue weighted by Crippen LogP contribution is -2.59. The van der Waals surface area contributed by atoms with Crippen molar-refractivity contribution in [3.8, 4) is 0 Å². The Morgan fingerprint density at radius 2 is 1.14 bits per heavy atom. The number of aliphatic hydroxyl groups is 1. The van der Waals surface area contributed by atoms with E-state index in [2.05, 4.69) is 41.5 Å². The Balaban J connectivity index is 0.938. The van der Waals surface area contributed by atoms with Gasteiger partial charge >= 0.3 is 17.9 Å². The second-order valence-electron chi connectivity index (χ2n) is 21.7. The molecule has 51 heavy (non-hydrogen) atoms. The molecule has 8 saturated carbocycles. The fourth-order valence-electron chi connectivity index (χ4n) is 17.0. The highest BCUT2D eigenvalue weighted by Gasteiger charge is 2.70. The van der Waals surface area contributed by atoms with E-state index in [1.807, 2.05) is 0 Å². The van der Waals surface area contributed by atoms with Crippen LogP contribution >= 0.6 is 0 Å². The van der Waals surface area contributed by atoms with E-state index in [0.717, 1.165) is 96.3 Å². The van der Waals surface area contributed by atoms with Gasteiger partial charge in [0.2, 0.25) is 0 Å². The zero-order valence-electron chi connectivity index (χ0n) is 33.1. The molecule has 2 spiro atoms. The van der Waals surface area contributed by atoms with Gasteiger partial charge in [0.25, 0.3) is 0 Å². The summed E-state index contributed by atoms with van der Waals surface area (Å²) in [5.41, 5.74) is -0.415. The van der Waals surface area contributed by atoms with Gasteiger partial charge in [0.05, 0.1) is 5.92 Å². The van der Waals surface area contributed by atoms with Gasteiger partial charge in [-0.3, -0.25) is 14.4 Å². The number of carbonyl (C=O) groups is 3. The van der Waals surface area contributed by atoms with Gasteiger partial charge in [0.1, 0.15) is 24.4 Å². The Labute approximate surface area is 307 Å². The molecule has 8 aliphatic rings. The van der Waals surface area contributed by atoms with Crippen molar-refractivity contribution >= 4 is 17.9 Å². The van der Waals surface area contributed by atoms with Crippen molar-refractivity contribution in [1.82, 2.24) is 0 Å². The van der Waals surface area contributed by atoms with Crippen molar-refractivity contribution < 1.29 is 33.7 Å². The zero-order chi connectivity index (χ0) is 36.6. The Hall–Kier alpha value is -1.63. The molecule has 0 aliphatic heterocycles. The Bertz CT molecular complexity index is 1450. The fraction of sp³-hybridized carbons (Fsp3) is 0.932. The average Bonchev–Trinajstić information content (AvgIpc) is 3.43. The average molecular weight is 709 g/mol. The predicted octanol–water partition coefficient (Wildman–Crippen LogP) is 8.83. The molecule has 0 heterocycles. The van der Waals surface area contributed by atoms with Crippen LogP contribution in [0.3, 0.4) is 0 Å². The van der Waals surface area contributed by atoms with Gasteiger partial charge in [-0.2, -0.15) is 0 Å². The summed E-state index contributed by atoms with van der Waals surface area (Å²) in [4.78, 5) is 38.1. The summed E-state index contributed by atoms with van der Waals surface area (Å²) in [7, 11) is 0. The van der Waals surface area contributed by atoms with E-state index in [9.17, 15) is 19.5 Å². The van der Waals surface area contributed by atoms with Crippen LogP contribution in [-0.2, 0) is 28.6 Å². The van der Waals surface area contributed by atoms with Crippen LogP contribution in [-0.4, -0.2) is 47.4 Å². The van der Waals surface area contributed by atoms with Crippen LogP contribution in [0.1, 0.15) is 158 Å². The summed E-state index contributed by atoms with van der Waals surface area (Å²) in [5.74, 6) is 2.26. The molecule has 1 N–H and O–H groups in total. The first-order valence-electron chi connectivity index (χ1n) is 21.0. The van der Waals surface area contributed by atoms with E-state index < -0.39 is 5.60 Å². The third-order valence-corrected chi connectivity index (χ3v) is 18.8. The highest BCUT2D eigenvalue weighted by atomic mass is 16.6. The van der Waals surface area contributed by atoms with Gasteiger partial charge in [-0.25, -0.2) is 0 Å². The maximum Gasteiger partial charge on any atom is 0.309 e. The smallest absolute Gasteiger partial charge is 0.309 e. The normalized spacial score (nSPS) is 51.6. The highest BCUT2D eigenvalue weighted by molar-refractivity contribution is 5.73. The molecule has 286 valence electrons. The van der Waals surface area contributed by atoms with E-state index >= 15 is 0 Å². The van der Waals surface area contributed by atoms with E-state index in [-0.39, 0.29) is 81.0 Å². The molecule has 4 bridgehead atoms. The molecule has 7 nitrogen and oxygen atoms in total. The summed E-state index contributed by atoms with van der Waals surface area (Å²) in [6.45, 7) is 17.6. The molecule has 14 unspecified atom stereocenters. The number of rotatable bonds is 5. The molecule has 0 aromatic heterocycles. The van der Waals surface area contributed by atoms with Gasteiger partial charge in [0, 0.05) is 24.7 Å². The Morgan fingerprint density at radius 1 is 0.608 bits per heavy atom. The monoisotopic (exact) mass is 708 g/mol. The predicted molar refractivity (Wildman–Crippen MR) is 194 cm³/mol. The molecule has 8 fully saturated rings. The molecule has 0 radical (unpaired) electrons. The standard InChI is InChI=1S/C44H68O7/c1-26(45)50-35-15-17-40(7)31(38(35,3)4)13-19-42-21-28(9-11-33(40)42)30(23-42)37(47)49-25-44(48)24-43-20-14-32-39(5,6)36(51-27(2)46)16-18-41(32,8)34(43)12-10-29(44)22-43/h28-36,48H,9-25H2,1-8H3. The molecule has 8 rings (SSSR count). The van der Waals surface area contributed by atoms with Crippen LogP contribution in [0.2, 0.25) is 0 Å². The van der Waals surface area contributed by atoms with Crippen molar-refractivity contribution in [3.63, 3.8) is 0 Å². The molecule has 0 saturated heterocycles. The van der Waals surface area contributed by atoms with E-state index in [0.29, 0.717) is 29.6 Å².